The third-order valence-electron chi connectivity index (χ3n) is 12.8. The summed E-state index contributed by atoms with van der Waals surface area (Å²) < 4.78 is 13.7. The maximum absolute atomic E-state index is 6.95. The van der Waals surface area contributed by atoms with Crippen molar-refractivity contribution in [3.63, 3.8) is 0 Å². The van der Waals surface area contributed by atoms with Gasteiger partial charge in [0.15, 0.2) is 0 Å². The number of nitrogens with zero attached hydrogens (tertiary/aromatic N) is 1. The van der Waals surface area contributed by atoms with Crippen LogP contribution in [0.2, 0.25) is 0 Å². The van der Waals surface area contributed by atoms with Gasteiger partial charge in [0.1, 0.15) is 22.3 Å². The Balaban J connectivity index is 1.01. The second kappa shape index (κ2) is 14.1. The van der Waals surface area contributed by atoms with Crippen LogP contribution < -0.4 is 4.90 Å². The minimum Gasteiger partial charge on any atom is -0.455 e. The van der Waals surface area contributed by atoms with E-state index in [4.69, 9.17) is 8.83 Å². The number of anilines is 3. The second-order valence-electron chi connectivity index (χ2n) is 16.4. The predicted molar refractivity (Wildman–Crippen MR) is 265 cm³/mol. The first-order valence-electron chi connectivity index (χ1n) is 21.5. The fraction of sp³-hybridized carbons (Fsp3) is 0. The molecule has 3 nitrogen and oxygen atoms in total. The molecule has 11 aromatic carbocycles. The van der Waals surface area contributed by atoms with Gasteiger partial charge < -0.3 is 13.7 Å². The summed E-state index contributed by atoms with van der Waals surface area (Å²) in [6, 6.07) is 80.4. The highest BCUT2D eigenvalue weighted by atomic mass is 16.3. The zero-order valence-corrected chi connectivity index (χ0v) is 34.1. The van der Waals surface area contributed by atoms with Gasteiger partial charge >= 0.3 is 0 Å². The molecule has 0 saturated heterocycles. The molecule has 294 valence electrons. The number of fused-ring (bicyclic) bond motifs is 11. The monoisotopic (exact) mass is 803 g/mol. The molecule has 0 radical (unpaired) electrons. The van der Waals surface area contributed by atoms with Gasteiger partial charge in [0.25, 0.3) is 0 Å². The van der Waals surface area contributed by atoms with Crippen LogP contribution in [-0.2, 0) is 0 Å². The number of hydrogen-bond acceptors (Lipinski definition) is 3. The van der Waals surface area contributed by atoms with Crippen molar-refractivity contribution < 1.29 is 8.83 Å². The van der Waals surface area contributed by atoms with E-state index in [-0.39, 0.29) is 0 Å². The standard InChI is InChI=1S/C60H37NO2/c1-2-15-42-37-45(27-26-38(42)12-1)44-17-9-16-43(36-44)39-28-32-46(33-29-39)61(55-24-11-25-56-57(55)53-35-31-41-14-4-6-19-48(41)59(53)62-56)54-23-8-7-20-49(54)50-21-10-22-51-52-34-30-40-13-3-5-18-47(40)58(52)63-60(50)51/h1-37H. The van der Waals surface area contributed by atoms with Crippen LogP contribution in [0.4, 0.5) is 17.1 Å². The molecule has 0 aliphatic carbocycles. The smallest absolute Gasteiger partial charge is 0.143 e. The molecule has 0 fully saturated rings. The summed E-state index contributed by atoms with van der Waals surface area (Å²) in [4.78, 5) is 2.40. The van der Waals surface area contributed by atoms with Gasteiger partial charge in [0.05, 0.1) is 16.8 Å². The summed E-state index contributed by atoms with van der Waals surface area (Å²) in [6.45, 7) is 0. The van der Waals surface area contributed by atoms with E-state index < -0.39 is 0 Å². The Bertz CT molecular complexity index is 3930. The molecule has 3 heteroatoms. The van der Waals surface area contributed by atoms with E-state index in [2.05, 4.69) is 229 Å². The molecule has 0 aliphatic heterocycles. The van der Waals surface area contributed by atoms with E-state index in [9.17, 15) is 0 Å². The van der Waals surface area contributed by atoms with E-state index in [1.807, 2.05) is 0 Å². The van der Waals surface area contributed by atoms with E-state index in [1.54, 1.807) is 0 Å². The van der Waals surface area contributed by atoms with Gasteiger partial charge in [-0.3, -0.25) is 0 Å². The van der Waals surface area contributed by atoms with E-state index >= 15 is 0 Å². The van der Waals surface area contributed by atoms with Gasteiger partial charge in [0.2, 0.25) is 0 Å². The number of rotatable bonds is 6. The molecule has 0 amide bonds. The van der Waals surface area contributed by atoms with Crippen molar-refractivity contribution in [1.82, 2.24) is 0 Å². The molecule has 0 saturated carbocycles. The lowest BCUT2D eigenvalue weighted by Gasteiger charge is -2.28. The molecular formula is C60H37NO2. The first kappa shape index (κ1) is 35.4. The molecule has 13 rings (SSSR count). The van der Waals surface area contributed by atoms with Crippen LogP contribution in [0, 0.1) is 0 Å². The Kier molecular flexibility index (Phi) is 7.91. The minimum absolute atomic E-state index is 0.842. The molecule has 0 unspecified atom stereocenters. The normalized spacial score (nSPS) is 11.8. The quantitative estimate of drug-likeness (QED) is 0.168. The third-order valence-corrected chi connectivity index (χ3v) is 12.8. The SMILES string of the molecule is c1cc(-c2ccc(N(c3ccccc3-c3cccc4c3oc3c5ccccc5ccc43)c3cccc4oc5c6ccccc6ccc5c34)cc2)cc(-c2ccc3ccccc3c2)c1. The lowest BCUT2D eigenvalue weighted by Crippen LogP contribution is -2.11. The second-order valence-corrected chi connectivity index (χ2v) is 16.4. The average Bonchev–Trinajstić information content (AvgIpc) is 3.94. The Labute approximate surface area is 363 Å². The first-order chi connectivity index (χ1) is 31.2. The minimum atomic E-state index is 0.842. The summed E-state index contributed by atoms with van der Waals surface area (Å²) in [5.41, 5.74) is 13.4. The van der Waals surface area contributed by atoms with Crippen LogP contribution in [0.5, 0.6) is 0 Å². The summed E-state index contributed by atoms with van der Waals surface area (Å²) in [5, 5.41) is 11.4. The number of para-hydroxylation sites is 2. The summed E-state index contributed by atoms with van der Waals surface area (Å²) in [7, 11) is 0. The topological polar surface area (TPSA) is 29.5 Å². The van der Waals surface area contributed by atoms with E-state index in [1.165, 1.54) is 21.9 Å². The summed E-state index contributed by atoms with van der Waals surface area (Å²) in [6.07, 6.45) is 0. The fourth-order valence-corrected chi connectivity index (χ4v) is 9.81. The van der Waals surface area contributed by atoms with Crippen molar-refractivity contribution in [2.24, 2.45) is 0 Å². The third kappa shape index (κ3) is 5.67. The van der Waals surface area contributed by atoms with Crippen LogP contribution in [0.15, 0.2) is 233 Å². The summed E-state index contributed by atoms with van der Waals surface area (Å²) in [5.74, 6) is 0. The molecule has 0 bridgehead atoms. The van der Waals surface area contributed by atoms with Gasteiger partial charge in [-0.15, -0.1) is 0 Å². The molecule has 0 N–H and O–H groups in total. The zero-order chi connectivity index (χ0) is 41.4. The lowest BCUT2D eigenvalue weighted by molar-refractivity contribution is 0.672. The molecule has 63 heavy (non-hydrogen) atoms. The fourth-order valence-electron chi connectivity index (χ4n) is 9.81. The van der Waals surface area contributed by atoms with Gasteiger partial charge in [-0.2, -0.15) is 0 Å². The van der Waals surface area contributed by atoms with Crippen LogP contribution in [0.1, 0.15) is 0 Å². The van der Waals surface area contributed by atoms with Gasteiger partial charge in [-0.05, 0) is 98.4 Å². The lowest BCUT2D eigenvalue weighted by atomic mass is 9.96. The van der Waals surface area contributed by atoms with Crippen LogP contribution in [-0.4, -0.2) is 0 Å². The summed E-state index contributed by atoms with van der Waals surface area (Å²) >= 11 is 0. The van der Waals surface area contributed by atoms with Gasteiger partial charge in [-0.25, -0.2) is 0 Å². The number of hydrogen-bond donors (Lipinski definition) is 0. The molecule has 2 heterocycles. The molecular weight excluding hydrogens is 767 g/mol. The van der Waals surface area contributed by atoms with E-state index in [0.29, 0.717) is 0 Å². The Hall–Kier alpha value is -8.40. The largest absolute Gasteiger partial charge is 0.455 e. The highest BCUT2D eigenvalue weighted by molar-refractivity contribution is 6.21. The predicted octanol–water partition coefficient (Wildman–Crippen LogP) is 17.4. The van der Waals surface area contributed by atoms with E-state index in [0.717, 1.165) is 105 Å². The van der Waals surface area contributed by atoms with Crippen molar-refractivity contribution in [2.45, 2.75) is 0 Å². The Morgan fingerprint density at radius 2 is 0.825 bits per heavy atom. The zero-order valence-electron chi connectivity index (χ0n) is 34.1. The number of furan rings is 2. The van der Waals surface area contributed by atoms with Crippen molar-refractivity contribution in [3.8, 4) is 33.4 Å². The molecule has 13 aromatic rings. The van der Waals surface area contributed by atoms with Gasteiger partial charge in [-0.1, -0.05) is 170 Å². The highest BCUT2D eigenvalue weighted by Gasteiger charge is 2.24. The van der Waals surface area contributed by atoms with Crippen molar-refractivity contribution in [1.29, 1.82) is 0 Å². The maximum atomic E-state index is 6.95. The average molecular weight is 804 g/mol. The number of benzene rings is 11. The highest BCUT2D eigenvalue weighted by Crippen LogP contribution is 2.49. The van der Waals surface area contributed by atoms with Crippen molar-refractivity contribution in [3.05, 3.63) is 224 Å². The van der Waals surface area contributed by atoms with Crippen LogP contribution in [0.25, 0.3) is 110 Å². The Morgan fingerprint density at radius 3 is 1.63 bits per heavy atom. The molecule has 0 aliphatic rings. The molecule has 0 spiro atoms. The van der Waals surface area contributed by atoms with Gasteiger partial charge in [0, 0.05) is 43.7 Å². The van der Waals surface area contributed by atoms with Crippen LogP contribution >= 0.6 is 0 Å². The Morgan fingerprint density at radius 1 is 0.286 bits per heavy atom. The molecule has 0 atom stereocenters. The van der Waals surface area contributed by atoms with Crippen molar-refractivity contribution >= 4 is 93.3 Å². The van der Waals surface area contributed by atoms with Crippen LogP contribution in [0.3, 0.4) is 0 Å². The maximum Gasteiger partial charge on any atom is 0.143 e. The molecule has 2 aromatic heterocycles. The van der Waals surface area contributed by atoms with Crippen molar-refractivity contribution in [2.75, 3.05) is 4.90 Å². The first-order valence-corrected chi connectivity index (χ1v) is 21.5.